The third-order valence-electron chi connectivity index (χ3n) is 7.90. The molecule has 0 saturated carbocycles. The van der Waals surface area contributed by atoms with Gasteiger partial charge in [0.15, 0.2) is 5.69 Å². The molecule has 0 atom stereocenters. The zero-order valence-corrected chi connectivity index (χ0v) is 20.1. The Balaban J connectivity index is 1.59. The van der Waals surface area contributed by atoms with E-state index in [1.54, 1.807) is 0 Å². The molecule has 0 bridgehead atoms. The second-order valence-corrected chi connectivity index (χ2v) is 9.77. The van der Waals surface area contributed by atoms with E-state index < -0.39 is 0 Å². The topological polar surface area (TPSA) is 58.9 Å². The number of para-hydroxylation sites is 4. The van der Waals surface area contributed by atoms with E-state index in [4.69, 9.17) is 9.97 Å². The van der Waals surface area contributed by atoms with E-state index in [2.05, 4.69) is 87.8 Å². The number of nitrogens with zero attached hydrogens (tertiary/aromatic N) is 5. The first kappa shape index (κ1) is 19.7. The summed E-state index contributed by atoms with van der Waals surface area (Å²) in [5.74, 6) is 0.507. The van der Waals surface area contributed by atoms with E-state index in [0.717, 1.165) is 27.3 Å². The number of hydrogen-bond donors (Lipinski definition) is 0. The fourth-order valence-electron chi connectivity index (χ4n) is 6.43. The molecule has 0 N–H and O–H groups in total. The number of fused-ring (bicyclic) bond motifs is 11. The van der Waals surface area contributed by atoms with Crippen molar-refractivity contribution in [3.63, 3.8) is 0 Å². The summed E-state index contributed by atoms with van der Waals surface area (Å²) in [6, 6.07) is 38.0. The Bertz CT molecular complexity index is 2470. The first-order valence-corrected chi connectivity index (χ1v) is 12.6. The molecule has 0 aliphatic rings. The zero-order valence-electron chi connectivity index (χ0n) is 20.1. The summed E-state index contributed by atoms with van der Waals surface area (Å²) in [5.41, 5.74) is 6.83. The van der Waals surface area contributed by atoms with Crippen molar-refractivity contribution in [3.05, 3.63) is 109 Å². The Hall–Kier alpha value is -5.47. The van der Waals surface area contributed by atoms with Crippen molar-refractivity contribution in [1.82, 2.24) is 18.9 Å². The van der Waals surface area contributed by atoms with Gasteiger partial charge < -0.3 is 4.40 Å². The lowest BCUT2D eigenvalue weighted by Crippen LogP contribution is -2.03. The van der Waals surface area contributed by atoms with Crippen molar-refractivity contribution in [2.45, 2.75) is 0 Å². The summed E-state index contributed by atoms with van der Waals surface area (Å²) in [7, 11) is 0. The van der Waals surface area contributed by atoms with Gasteiger partial charge in [-0.3, -0.25) is 4.57 Å². The van der Waals surface area contributed by atoms with Crippen LogP contribution in [0.1, 0.15) is 5.69 Å². The molecule has 0 amide bonds. The molecule has 5 aromatic carbocycles. The second-order valence-electron chi connectivity index (χ2n) is 9.77. The van der Waals surface area contributed by atoms with Crippen LogP contribution in [-0.4, -0.2) is 18.9 Å². The van der Waals surface area contributed by atoms with Gasteiger partial charge in [0.1, 0.15) is 6.07 Å². The largest absolute Gasteiger partial charge is 0.308 e. The zero-order chi connectivity index (χ0) is 25.0. The molecule has 5 nitrogen and oxygen atoms in total. The van der Waals surface area contributed by atoms with E-state index in [1.165, 1.54) is 43.5 Å². The maximum atomic E-state index is 9.96. The van der Waals surface area contributed by atoms with Crippen LogP contribution in [0.4, 0.5) is 0 Å². The van der Waals surface area contributed by atoms with Crippen LogP contribution in [0, 0.1) is 11.3 Å². The van der Waals surface area contributed by atoms with E-state index in [9.17, 15) is 5.26 Å². The first-order chi connectivity index (χ1) is 18.8. The highest BCUT2D eigenvalue weighted by atomic mass is 15.2. The predicted octanol–water partition coefficient (Wildman–Crippen LogP) is 7.75. The Morgan fingerprint density at radius 2 is 1.16 bits per heavy atom. The number of aromatic nitrogens is 4. The smallest absolute Gasteiger partial charge is 0.236 e. The molecular weight excluding hydrogens is 466 g/mol. The van der Waals surface area contributed by atoms with Crippen molar-refractivity contribution in [3.8, 4) is 12.0 Å². The molecule has 174 valence electrons. The fourth-order valence-corrected chi connectivity index (χ4v) is 6.43. The van der Waals surface area contributed by atoms with Gasteiger partial charge in [0.2, 0.25) is 5.95 Å². The third-order valence-corrected chi connectivity index (χ3v) is 7.90. The Morgan fingerprint density at radius 1 is 0.553 bits per heavy atom. The third kappa shape index (κ3) is 2.26. The highest BCUT2D eigenvalue weighted by molar-refractivity contribution is 6.35. The molecule has 0 radical (unpaired) electrons. The van der Waals surface area contributed by atoms with Gasteiger partial charge in [0, 0.05) is 37.7 Å². The van der Waals surface area contributed by atoms with E-state index in [0.29, 0.717) is 11.6 Å². The second kappa shape index (κ2) is 6.84. The van der Waals surface area contributed by atoms with Crippen LogP contribution in [0.3, 0.4) is 0 Å². The molecule has 0 spiro atoms. The van der Waals surface area contributed by atoms with Crippen LogP contribution in [-0.2, 0) is 0 Å². The molecule has 0 saturated heterocycles. The number of nitriles is 1. The molecule has 0 aliphatic heterocycles. The van der Waals surface area contributed by atoms with Crippen LogP contribution in [0.15, 0.2) is 103 Å². The monoisotopic (exact) mass is 483 g/mol. The maximum absolute atomic E-state index is 9.96. The van der Waals surface area contributed by atoms with E-state index in [-0.39, 0.29) is 0 Å². The minimum atomic E-state index is 0.379. The SMILES string of the molecule is N#Cc1nc(-n2c3ccccc3c3c4c5ccccc5n5c6ccccc6c(cc32)c45)nc2ccccc12. The van der Waals surface area contributed by atoms with Gasteiger partial charge in [0.05, 0.1) is 33.1 Å². The molecule has 4 aromatic heterocycles. The van der Waals surface area contributed by atoms with Crippen molar-refractivity contribution < 1.29 is 0 Å². The minimum absolute atomic E-state index is 0.379. The van der Waals surface area contributed by atoms with Gasteiger partial charge in [-0.05, 0) is 36.4 Å². The summed E-state index contributed by atoms with van der Waals surface area (Å²) in [6.07, 6.45) is 0. The molecule has 38 heavy (non-hydrogen) atoms. The summed E-state index contributed by atoms with van der Waals surface area (Å²) in [5, 5.41) is 17.9. The van der Waals surface area contributed by atoms with Crippen molar-refractivity contribution >= 4 is 70.8 Å². The molecule has 0 fully saturated rings. The van der Waals surface area contributed by atoms with E-state index in [1.807, 2.05) is 30.3 Å². The Kier molecular flexibility index (Phi) is 3.55. The highest BCUT2D eigenvalue weighted by Crippen LogP contribution is 2.46. The lowest BCUT2D eigenvalue weighted by molar-refractivity contribution is 1.00. The van der Waals surface area contributed by atoms with Crippen molar-refractivity contribution in [2.75, 3.05) is 0 Å². The maximum Gasteiger partial charge on any atom is 0.236 e. The molecule has 9 rings (SSSR count). The fraction of sp³-hybridized carbons (Fsp3) is 0. The molecule has 0 unspecified atom stereocenters. The van der Waals surface area contributed by atoms with Crippen LogP contribution >= 0.6 is 0 Å². The number of rotatable bonds is 1. The van der Waals surface area contributed by atoms with Crippen LogP contribution < -0.4 is 0 Å². The number of benzene rings is 5. The van der Waals surface area contributed by atoms with E-state index >= 15 is 0 Å². The summed E-state index contributed by atoms with van der Waals surface area (Å²) in [6.45, 7) is 0. The van der Waals surface area contributed by atoms with Crippen molar-refractivity contribution in [2.24, 2.45) is 0 Å². The first-order valence-electron chi connectivity index (χ1n) is 12.6. The van der Waals surface area contributed by atoms with Gasteiger partial charge in [-0.15, -0.1) is 0 Å². The summed E-state index contributed by atoms with van der Waals surface area (Å²) in [4.78, 5) is 9.76. The average Bonchev–Trinajstić information content (AvgIpc) is 3.60. The lowest BCUT2D eigenvalue weighted by Gasteiger charge is -2.08. The van der Waals surface area contributed by atoms with Gasteiger partial charge >= 0.3 is 0 Å². The molecule has 0 aliphatic carbocycles. The Morgan fingerprint density at radius 3 is 1.92 bits per heavy atom. The molecular formula is C33H17N5. The average molecular weight is 484 g/mol. The molecule has 9 aromatic rings. The summed E-state index contributed by atoms with van der Waals surface area (Å²) < 4.78 is 4.53. The molecule has 5 heteroatoms. The van der Waals surface area contributed by atoms with Gasteiger partial charge in [-0.2, -0.15) is 5.26 Å². The number of hydrogen-bond acceptors (Lipinski definition) is 3. The normalized spacial score (nSPS) is 12.2. The van der Waals surface area contributed by atoms with Crippen LogP contribution in [0.2, 0.25) is 0 Å². The van der Waals surface area contributed by atoms with Crippen molar-refractivity contribution in [1.29, 1.82) is 5.26 Å². The minimum Gasteiger partial charge on any atom is -0.308 e. The quantitative estimate of drug-likeness (QED) is 0.240. The van der Waals surface area contributed by atoms with Crippen LogP contribution in [0.5, 0.6) is 0 Å². The van der Waals surface area contributed by atoms with Crippen LogP contribution in [0.25, 0.3) is 76.8 Å². The van der Waals surface area contributed by atoms with Gasteiger partial charge in [-0.1, -0.05) is 66.7 Å². The Labute approximate surface area is 215 Å². The van der Waals surface area contributed by atoms with Gasteiger partial charge in [0.25, 0.3) is 0 Å². The lowest BCUT2D eigenvalue weighted by atomic mass is 10.0. The summed E-state index contributed by atoms with van der Waals surface area (Å²) >= 11 is 0. The molecule has 4 heterocycles. The standard InChI is InChI=1S/C33H17N5/c34-18-25-20-10-1-5-13-24(20)35-33(36-25)38-28-16-8-3-11-21(28)30-29(38)17-23-19-9-2-6-14-26(19)37-27-15-7-4-12-22(27)31(30)32(23)37/h1-17H. The predicted molar refractivity (Wildman–Crippen MR) is 153 cm³/mol. The van der Waals surface area contributed by atoms with Gasteiger partial charge in [-0.25, -0.2) is 9.97 Å². The highest BCUT2D eigenvalue weighted by Gasteiger charge is 2.24.